The molecule has 0 aliphatic heterocycles. The Kier molecular flexibility index (Phi) is 3.14. The fourth-order valence-electron chi connectivity index (χ4n) is 2.25. The Morgan fingerprint density at radius 2 is 2.30 bits per heavy atom. The van der Waals surface area contributed by atoms with E-state index >= 15 is 0 Å². The Morgan fingerprint density at radius 3 is 3.10 bits per heavy atom. The zero-order valence-electron chi connectivity index (χ0n) is 11.5. The molecule has 0 amide bonds. The third kappa shape index (κ3) is 1.84. The predicted octanol–water partition coefficient (Wildman–Crippen LogP) is 1.81. The average Bonchev–Trinajstić information content (AvgIpc) is 2.85. The highest BCUT2D eigenvalue weighted by molar-refractivity contribution is 6.02. The van der Waals surface area contributed by atoms with Gasteiger partial charge in [-0.15, -0.1) is 4.73 Å². The Morgan fingerprint density at radius 1 is 1.45 bits per heavy atom. The van der Waals surface area contributed by atoms with Gasteiger partial charge in [0.05, 0.1) is 5.39 Å². The lowest BCUT2D eigenvalue weighted by Gasteiger charge is -2.10. The molecule has 6 heteroatoms. The summed E-state index contributed by atoms with van der Waals surface area (Å²) < 4.78 is 1.29. The van der Waals surface area contributed by atoms with Gasteiger partial charge >= 0.3 is 0 Å². The number of rotatable bonds is 4. The fraction of sp³-hybridized carbons (Fsp3) is 0.357. The van der Waals surface area contributed by atoms with Crippen LogP contribution in [0.2, 0.25) is 0 Å². The van der Waals surface area contributed by atoms with Crippen molar-refractivity contribution in [2.45, 2.75) is 26.7 Å². The van der Waals surface area contributed by atoms with Gasteiger partial charge in [0.2, 0.25) is 0 Å². The molecule has 0 saturated heterocycles. The second kappa shape index (κ2) is 4.96. The van der Waals surface area contributed by atoms with E-state index in [9.17, 15) is 4.79 Å². The van der Waals surface area contributed by atoms with E-state index in [1.807, 2.05) is 19.1 Å². The van der Waals surface area contributed by atoms with Crippen molar-refractivity contribution in [3.05, 3.63) is 34.4 Å². The Hall–Kier alpha value is -2.37. The van der Waals surface area contributed by atoms with Crippen molar-refractivity contribution in [2.75, 3.05) is 6.61 Å². The average molecular weight is 272 g/mol. The minimum atomic E-state index is -0.214. The van der Waals surface area contributed by atoms with Gasteiger partial charge in [0.1, 0.15) is 12.1 Å². The summed E-state index contributed by atoms with van der Waals surface area (Å²) in [4.78, 5) is 22.4. The highest BCUT2D eigenvalue weighted by Gasteiger charge is 2.16. The van der Waals surface area contributed by atoms with Crippen LogP contribution in [-0.4, -0.2) is 26.5 Å². The number of aromatic amines is 1. The zero-order chi connectivity index (χ0) is 14.1. The van der Waals surface area contributed by atoms with E-state index in [2.05, 4.69) is 22.1 Å². The molecule has 3 aromatic heterocycles. The fourth-order valence-corrected chi connectivity index (χ4v) is 2.25. The lowest BCUT2D eigenvalue weighted by Crippen LogP contribution is -2.28. The Bertz CT molecular complexity index is 819. The third-order valence-corrected chi connectivity index (χ3v) is 3.30. The molecule has 0 radical (unpaired) electrons. The molecule has 0 bridgehead atoms. The summed E-state index contributed by atoms with van der Waals surface area (Å²) in [6.45, 7) is 4.39. The summed E-state index contributed by atoms with van der Waals surface area (Å²) in [7, 11) is 0. The number of hydrogen-bond donors (Lipinski definition) is 1. The number of H-pyrrole nitrogens is 1. The van der Waals surface area contributed by atoms with Crippen LogP contribution in [-0.2, 0) is 0 Å². The molecule has 104 valence electrons. The number of pyridine rings is 2. The molecule has 6 nitrogen and oxygen atoms in total. The number of nitrogens with zero attached hydrogens (tertiary/aromatic N) is 3. The monoisotopic (exact) mass is 272 g/mol. The van der Waals surface area contributed by atoms with Gasteiger partial charge in [0, 0.05) is 17.3 Å². The van der Waals surface area contributed by atoms with Crippen molar-refractivity contribution >= 4 is 21.9 Å². The van der Waals surface area contributed by atoms with E-state index in [-0.39, 0.29) is 5.56 Å². The van der Waals surface area contributed by atoms with Gasteiger partial charge in [-0.2, -0.15) is 5.10 Å². The number of unbranched alkanes of at least 4 members (excludes halogenated alkanes) is 1. The highest BCUT2D eigenvalue weighted by atomic mass is 16.7. The second-order valence-corrected chi connectivity index (χ2v) is 4.73. The summed E-state index contributed by atoms with van der Waals surface area (Å²) in [5.74, 6) is 0. The van der Waals surface area contributed by atoms with E-state index in [4.69, 9.17) is 4.84 Å². The number of aryl methyl sites for hydroxylation is 1. The van der Waals surface area contributed by atoms with Crippen LogP contribution in [0.3, 0.4) is 0 Å². The van der Waals surface area contributed by atoms with Crippen LogP contribution in [0.4, 0.5) is 0 Å². The van der Waals surface area contributed by atoms with Gasteiger partial charge in [-0.1, -0.05) is 13.3 Å². The van der Waals surface area contributed by atoms with Gasteiger partial charge in [-0.3, -0.25) is 9.89 Å². The molecule has 0 spiro atoms. The summed E-state index contributed by atoms with van der Waals surface area (Å²) in [6, 6.07) is 3.72. The van der Waals surface area contributed by atoms with E-state index in [0.29, 0.717) is 23.2 Å². The highest BCUT2D eigenvalue weighted by Crippen LogP contribution is 2.20. The van der Waals surface area contributed by atoms with Crippen LogP contribution in [0.25, 0.3) is 21.9 Å². The van der Waals surface area contributed by atoms with Crippen molar-refractivity contribution in [1.82, 2.24) is 19.9 Å². The molecule has 0 aliphatic carbocycles. The van der Waals surface area contributed by atoms with Crippen molar-refractivity contribution in [1.29, 1.82) is 0 Å². The van der Waals surface area contributed by atoms with Crippen LogP contribution in [0, 0.1) is 6.92 Å². The second-order valence-electron chi connectivity index (χ2n) is 4.73. The van der Waals surface area contributed by atoms with Gasteiger partial charge < -0.3 is 4.84 Å². The molecule has 0 aliphatic rings. The van der Waals surface area contributed by atoms with E-state index in [1.165, 1.54) is 4.73 Å². The summed E-state index contributed by atoms with van der Waals surface area (Å²) in [5.41, 5.74) is 1.68. The summed E-state index contributed by atoms with van der Waals surface area (Å²) >= 11 is 0. The van der Waals surface area contributed by atoms with Gasteiger partial charge in [0.15, 0.2) is 5.65 Å². The van der Waals surface area contributed by atoms with E-state index in [0.717, 1.165) is 23.9 Å². The largest absolute Gasteiger partial charge is 0.409 e. The third-order valence-electron chi connectivity index (χ3n) is 3.30. The first-order valence-electron chi connectivity index (χ1n) is 6.71. The molecule has 0 unspecified atom stereocenters. The maximum absolute atomic E-state index is 12.6. The van der Waals surface area contributed by atoms with Gasteiger partial charge in [-0.25, -0.2) is 4.98 Å². The number of nitrogens with one attached hydrogen (secondary N) is 1. The molecular weight excluding hydrogens is 256 g/mol. The van der Waals surface area contributed by atoms with Crippen molar-refractivity contribution in [3.8, 4) is 0 Å². The molecule has 0 aromatic carbocycles. The first-order chi connectivity index (χ1) is 9.74. The van der Waals surface area contributed by atoms with Crippen molar-refractivity contribution in [3.63, 3.8) is 0 Å². The number of aromatic nitrogens is 4. The van der Waals surface area contributed by atoms with Crippen LogP contribution >= 0.6 is 0 Å². The van der Waals surface area contributed by atoms with Crippen molar-refractivity contribution in [2.24, 2.45) is 0 Å². The van der Waals surface area contributed by atoms with Crippen LogP contribution < -0.4 is 10.4 Å². The number of fused-ring (bicyclic) bond motifs is 3. The first-order valence-corrected chi connectivity index (χ1v) is 6.71. The maximum atomic E-state index is 12.6. The molecular formula is C14H16N4O2. The SMILES string of the molecule is CCCCOn1c(=O)c2c(C)[nH]nc2c2cccnc21. The van der Waals surface area contributed by atoms with Crippen molar-refractivity contribution < 1.29 is 4.84 Å². The lowest BCUT2D eigenvalue weighted by atomic mass is 10.2. The molecule has 0 saturated carbocycles. The zero-order valence-corrected chi connectivity index (χ0v) is 11.5. The van der Waals surface area contributed by atoms with Crippen LogP contribution in [0.1, 0.15) is 25.5 Å². The van der Waals surface area contributed by atoms with Crippen LogP contribution in [0.15, 0.2) is 23.1 Å². The molecule has 20 heavy (non-hydrogen) atoms. The molecule has 1 N–H and O–H groups in total. The Balaban J connectivity index is 2.31. The smallest absolute Gasteiger partial charge is 0.296 e. The first kappa shape index (κ1) is 12.7. The van der Waals surface area contributed by atoms with E-state index in [1.54, 1.807) is 6.20 Å². The number of hydrogen-bond acceptors (Lipinski definition) is 4. The topological polar surface area (TPSA) is 72.8 Å². The predicted molar refractivity (Wildman–Crippen MR) is 76.7 cm³/mol. The standard InChI is InChI=1S/C14H16N4O2/c1-3-4-8-20-18-13-10(6-5-7-15-13)12-11(14(18)19)9(2)16-17-12/h5-7H,3-4,8H2,1-2H3,(H,16,17). The normalized spacial score (nSPS) is 11.3. The quantitative estimate of drug-likeness (QED) is 0.735. The molecule has 3 aromatic rings. The molecule has 0 fully saturated rings. The van der Waals surface area contributed by atoms with Crippen LogP contribution in [0.5, 0.6) is 0 Å². The Labute approximate surface area is 115 Å². The minimum absolute atomic E-state index is 0.214. The maximum Gasteiger partial charge on any atom is 0.296 e. The summed E-state index contributed by atoms with van der Waals surface area (Å²) in [6.07, 6.45) is 3.54. The van der Waals surface area contributed by atoms with E-state index < -0.39 is 0 Å². The van der Waals surface area contributed by atoms with Gasteiger partial charge in [-0.05, 0) is 25.5 Å². The molecule has 3 rings (SSSR count). The molecule has 0 atom stereocenters. The van der Waals surface area contributed by atoms with Gasteiger partial charge in [0.25, 0.3) is 5.56 Å². The summed E-state index contributed by atoms with van der Waals surface area (Å²) in [5, 5.41) is 8.43. The molecule has 3 heterocycles. The lowest BCUT2D eigenvalue weighted by molar-refractivity contribution is 0.109. The minimum Gasteiger partial charge on any atom is -0.409 e.